The van der Waals surface area contributed by atoms with E-state index in [2.05, 4.69) is 9.88 Å². The van der Waals surface area contributed by atoms with Crippen LogP contribution in [0.4, 0.5) is 5.69 Å². The molecular formula is C35H42CaN2O7. The van der Waals surface area contributed by atoms with Crippen LogP contribution in [0.5, 0.6) is 11.5 Å². The summed E-state index contributed by atoms with van der Waals surface area (Å²) in [4.78, 5) is 25.4. The summed E-state index contributed by atoms with van der Waals surface area (Å²) in [6.07, 6.45) is -2.37. The van der Waals surface area contributed by atoms with Crippen LogP contribution in [0, 0.1) is 0 Å². The summed E-state index contributed by atoms with van der Waals surface area (Å²) >= 11 is 0. The predicted molar refractivity (Wildman–Crippen MR) is 179 cm³/mol. The Morgan fingerprint density at radius 2 is 1.49 bits per heavy atom. The molecule has 4 aromatic rings. The number of carbonyl (C=O) groups is 2. The summed E-state index contributed by atoms with van der Waals surface area (Å²) in [5, 5.41) is 33.0. The van der Waals surface area contributed by atoms with Gasteiger partial charge in [-0.2, -0.15) is 0 Å². The van der Waals surface area contributed by atoms with Crippen molar-refractivity contribution in [1.29, 1.82) is 0 Å². The standard InChI is InChI=1S/C35H40N2O7.Ca.2H/c1-22(2)33-32(35(42)36-28-16-15-27(43-3)21-29(28)44-4)31(23-11-7-5-8-12-23)34(24-13-9-6-10-14-24)37(33)18-17-25(38)19-26(39)20-30(40)41;;;/h5-16,21-22,25-26,38-39H,17-20H2,1-4H3,(H,36,42)(H,40,41);;;. The van der Waals surface area contributed by atoms with E-state index in [9.17, 15) is 19.8 Å². The van der Waals surface area contributed by atoms with Crippen molar-refractivity contribution in [2.24, 2.45) is 0 Å². The molecule has 236 valence electrons. The second kappa shape index (κ2) is 16.8. The number of rotatable bonds is 14. The van der Waals surface area contributed by atoms with Gasteiger partial charge in [0.15, 0.2) is 0 Å². The number of hydrogen-bond donors (Lipinski definition) is 4. The van der Waals surface area contributed by atoms with E-state index in [1.165, 1.54) is 7.11 Å². The minimum absolute atomic E-state index is 0. The number of aromatic nitrogens is 1. The maximum absolute atomic E-state index is 14.4. The van der Waals surface area contributed by atoms with Gasteiger partial charge in [-0.05, 0) is 42.0 Å². The van der Waals surface area contributed by atoms with E-state index in [-0.39, 0.29) is 62.4 Å². The van der Waals surface area contributed by atoms with Crippen molar-refractivity contribution in [3.05, 3.63) is 90.1 Å². The average molecular weight is 643 g/mol. The van der Waals surface area contributed by atoms with Crippen molar-refractivity contribution >= 4 is 55.3 Å². The van der Waals surface area contributed by atoms with E-state index in [0.29, 0.717) is 29.3 Å². The van der Waals surface area contributed by atoms with Crippen LogP contribution < -0.4 is 14.8 Å². The number of hydrogen-bond acceptors (Lipinski definition) is 6. The monoisotopic (exact) mass is 642 g/mol. The van der Waals surface area contributed by atoms with Gasteiger partial charge in [0.2, 0.25) is 0 Å². The first-order valence-corrected chi connectivity index (χ1v) is 14.6. The number of aliphatic carboxylic acids is 1. The van der Waals surface area contributed by atoms with Crippen molar-refractivity contribution in [2.75, 3.05) is 19.5 Å². The molecule has 0 aliphatic heterocycles. The first kappa shape index (κ1) is 36.1. The van der Waals surface area contributed by atoms with E-state index in [4.69, 9.17) is 14.6 Å². The minimum atomic E-state index is -1.16. The zero-order valence-corrected chi connectivity index (χ0v) is 25.5. The number of nitrogens with zero attached hydrogens (tertiary/aromatic N) is 1. The van der Waals surface area contributed by atoms with E-state index in [1.807, 2.05) is 74.5 Å². The van der Waals surface area contributed by atoms with Crippen molar-refractivity contribution in [2.45, 2.75) is 57.8 Å². The Morgan fingerprint density at radius 3 is 2.04 bits per heavy atom. The third kappa shape index (κ3) is 8.89. The molecule has 4 rings (SSSR count). The second-order valence-corrected chi connectivity index (χ2v) is 11.0. The van der Waals surface area contributed by atoms with E-state index >= 15 is 0 Å². The van der Waals surface area contributed by atoms with Crippen LogP contribution in [0.15, 0.2) is 78.9 Å². The third-order valence-corrected chi connectivity index (χ3v) is 7.48. The maximum atomic E-state index is 14.4. The molecule has 45 heavy (non-hydrogen) atoms. The van der Waals surface area contributed by atoms with Gasteiger partial charge in [-0.1, -0.05) is 74.5 Å². The molecule has 0 saturated heterocycles. The number of aliphatic hydroxyl groups excluding tert-OH is 2. The van der Waals surface area contributed by atoms with Crippen LogP contribution in [0.1, 0.15) is 55.1 Å². The molecule has 0 aliphatic rings. The first-order valence-electron chi connectivity index (χ1n) is 14.6. The van der Waals surface area contributed by atoms with Crippen molar-refractivity contribution in [3.8, 4) is 33.9 Å². The fraction of sp³-hybridized carbons (Fsp3) is 0.314. The second-order valence-electron chi connectivity index (χ2n) is 11.0. The quantitative estimate of drug-likeness (QED) is 0.138. The molecule has 1 amide bonds. The predicted octanol–water partition coefficient (Wildman–Crippen LogP) is 5.28. The Bertz CT molecular complexity index is 1570. The van der Waals surface area contributed by atoms with Gasteiger partial charge in [0.25, 0.3) is 5.91 Å². The molecular weight excluding hydrogens is 600 g/mol. The summed E-state index contributed by atoms with van der Waals surface area (Å²) in [7, 11) is 3.09. The molecule has 10 heteroatoms. The number of carboxylic acids is 1. The van der Waals surface area contributed by atoms with Crippen LogP contribution in [0.2, 0.25) is 0 Å². The van der Waals surface area contributed by atoms with Crippen molar-refractivity contribution in [3.63, 3.8) is 0 Å². The number of ether oxygens (including phenoxy) is 2. The number of carbonyl (C=O) groups excluding carboxylic acids is 1. The fourth-order valence-electron chi connectivity index (χ4n) is 5.56. The summed E-state index contributed by atoms with van der Waals surface area (Å²) in [6, 6.07) is 24.7. The van der Waals surface area contributed by atoms with Gasteiger partial charge in [-0.15, -0.1) is 0 Å². The molecule has 0 spiro atoms. The van der Waals surface area contributed by atoms with Crippen molar-refractivity contribution in [1.82, 2.24) is 4.57 Å². The summed E-state index contributed by atoms with van der Waals surface area (Å²) < 4.78 is 13.0. The average Bonchev–Trinajstić information content (AvgIpc) is 3.36. The summed E-state index contributed by atoms with van der Waals surface area (Å²) in [6.45, 7) is 4.37. The fourth-order valence-corrected chi connectivity index (χ4v) is 5.56. The Morgan fingerprint density at radius 1 is 0.867 bits per heavy atom. The Hall–Kier alpha value is -3.34. The van der Waals surface area contributed by atoms with Gasteiger partial charge < -0.3 is 34.7 Å². The zero-order valence-electron chi connectivity index (χ0n) is 25.5. The van der Waals surface area contributed by atoms with Crippen LogP contribution in [0.3, 0.4) is 0 Å². The molecule has 3 aromatic carbocycles. The molecule has 4 N–H and O–H groups in total. The van der Waals surface area contributed by atoms with Gasteiger partial charge >= 0.3 is 43.7 Å². The first-order chi connectivity index (χ1) is 21.1. The molecule has 0 aliphatic carbocycles. The number of methoxy groups -OCH3 is 2. The number of carboxylic acid groups (broad SMARTS) is 1. The van der Waals surface area contributed by atoms with E-state index in [1.54, 1.807) is 25.3 Å². The Kier molecular flexibility index (Phi) is 13.5. The number of benzene rings is 3. The van der Waals surface area contributed by atoms with Gasteiger partial charge in [0, 0.05) is 23.9 Å². The topological polar surface area (TPSA) is 130 Å². The van der Waals surface area contributed by atoms with Crippen LogP contribution in [-0.2, 0) is 11.3 Å². The molecule has 0 radical (unpaired) electrons. The third-order valence-electron chi connectivity index (χ3n) is 7.48. The van der Waals surface area contributed by atoms with Gasteiger partial charge in [-0.3, -0.25) is 9.59 Å². The summed E-state index contributed by atoms with van der Waals surface area (Å²) in [5.41, 5.74) is 5.11. The molecule has 0 fully saturated rings. The molecule has 1 heterocycles. The molecule has 9 nitrogen and oxygen atoms in total. The Balaban J connectivity index is 0.00000552. The zero-order chi connectivity index (χ0) is 31.8. The number of aliphatic hydroxyl groups is 2. The van der Waals surface area contributed by atoms with Gasteiger partial charge in [0.05, 0.1) is 49.8 Å². The molecule has 2 atom stereocenters. The van der Waals surface area contributed by atoms with E-state index in [0.717, 1.165) is 28.1 Å². The normalized spacial score (nSPS) is 12.2. The molecule has 2 unspecified atom stereocenters. The van der Waals surface area contributed by atoms with Crippen LogP contribution >= 0.6 is 0 Å². The number of nitrogens with one attached hydrogen (secondary N) is 1. The molecule has 1 aromatic heterocycles. The summed E-state index contributed by atoms with van der Waals surface area (Å²) in [5.74, 6) is -0.485. The van der Waals surface area contributed by atoms with Crippen LogP contribution in [0.25, 0.3) is 22.4 Å². The van der Waals surface area contributed by atoms with Crippen LogP contribution in [-0.4, -0.2) is 95.9 Å². The molecule has 0 bridgehead atoms. The van der Waals surface area contributed by atoms with Crippen molar-refractivity contribution < 1.29 is 34.4 Å². The Labute approximate surface area is 293 Å². The number of amides is 1. The molecule has 0 saturated carbocycles. The van der Waals surface area contributed by atoms with Gasteiger partial charge in [-0.25, -0.2) is 0 Å². The number of anilines is 1. The van der Waals surface area contributed by atoms with Gasteiger partial charge in [0.1, 0.15) is 11.5 Å². The van der Waals surface area contributed by atoms with E-state index < -0.39 is 24.6 Å². The SMILES string of the molecule is COc1ccc(NC(=O)c2c(-c3ccccc3)c(-c3ccccc3)n(CCC(O)CC(O)CC(=O)O)c2C(C)C)c(OC)c1.[CaH2].